The number of nitrogens with zero attached hydrogens (tertiary/aromatic N) is 1. The summed E-state index contributed by atoms with van der Waals surface area (Å²) in [6, 6.07) is 11.1. The van der Waals surface area contributed by atoms with Gasteiger partial charge >= 0.3 is 0 Å². The monoisotopic (exact) mass is 365 g/mol. The number of pyridine rings is 1. The number of benzene rings is 1. The molecule has 2 aromatic rings. The first-order chi connectivity index (χ1) is 10.2. The molecule has 1 aromatic heterocycles. The van der Waals surface area contributed by atoms with Crippen molar-refractivity contribution < 1.29 is 4.79 Å². The highest BCUT2D eigenvalue weighted by Crippen LogP contribution is 2.25. The van der Waals surface area contributed by atoms with Gasteiger partial charge in [0.2, 0.25) is 5.91 Å². The van der Waals surface area contributed by atoms with Crippen LogP contribution in [0.2, 0.25) is 0 Å². The molecule has 3 N–H and O–H groups in total. The maximum atomic E-state index is 11.8. The molecule has 0 saturated heterocycles. The van der Waals surface area contributed by atoms with Crippen LogP contribution in [0, 0.1) is 0 Å². The fraction of sp³-hybridized carbons (Fsp3) is 0.200. The molecule has 0 radical (unpaired) electrons. The lowest BCUT2D eigenvalue weighted by atomic mass is 10.2. The van der Waals surface area contributed by atoms with Crippen molar-refractivity contribution in [3.8, 4) is 0 Å². The zero-order chi connectivity index (χ0) is 15.1. The van der Waals surface area contributed by atoms with E-state index in [1.54, 1.807) is 30.1 Å². The van der Waals surface area contributed by atoms with E-state index in [1.165, 1.54) is 0 Å². The number of nitrogens with two attached hydrogens (primary N) is 1. The van der Waals surface area contributed by atoms with Crippen molar-refractivity contribution in [2.24, 2.45) is 0 Å². The number of amides is 1. The molecule has 1 aromatic carbocycles. The van der Waals surface area contributed by atoms with E-state index in [0.717, 1.165) is 21.7 Å². The van der Waals surface area contributed by atoms with Crippen LogP contribution in [0.1, 0.15) is 12.8 Å². The SMILES string of the molecule is Nc1ccccc1NC(=O)CCCSc1ncccc1Br. The van der Waals surface area contributed by atoms with Crippen LogP contribution in [0.15, 0.2) is 52.1 Å². The zero-order valence-corrected chi connectivity index (χ0v) is 13.8. The number of rotatable bonds is 6. The molecular weight excluding hydrogens is 350 g/mol. The smallest absolute Gasteiger partial charge is 0.224 e. The minimum Gasteiger partial charge on any atom is -0.397 e. The number of para-hydroxylation sites is 2. The zero-order valence-electron chi connectivity index (χ0n) is 11.4. The number of anilines is 2. The van der Waals surface area contributed by atoms with E-state index in [2.05, 4.69) is 26.2 Å². The van der Waals surface area contributed by atoms with Gasteiger partial charge in [-0.1, -0.05) is 12.1 Å². The summed E-state index contributed by atoms with van der Waals surface area (Å²) < 4.78 is 0.983. The Labute approximate surface area is 136 Å². The number of hydrogen-bond acceptors (Lipinski definition) is 4. The topological polar surface area (TPSA) is 68.0 Å². The molecule has 21 heavy (non-hydrogen) atoms. The van der Waals surface area contributed by atoms with Gasteiger partial charge in [0.25, 0.3) is 0 Å². The fourth-order valence-corrected chi connectivity index (χ4v) is 3.12. The van der Waals surface area contributed by atoms with Crippen LogP contribution in [0.25, 0.3) is 0 Å². The second-order valence-corrected chi connectivity index (χ2v) is 6.32. The van der Waals surface area contributed by atoms with Crippen molar-refractivity contribution in [2.75, 3.05) is 16.8 Å². The van der Waals surface area contributed by atoms with Gasteiger partial charge in [-0.15, -0.1) is 11.8 Å². The molecule has 2 rings (SSSR count). The van der Waals surface area contributed by atoms with Crippen LogP contribution in [0.5, 0.6) is 0 Å². The van der Waals surface area contributed by atoms with Gasteiger partial charge in [0, 0.05) is 22.8 Å². The van der Waals surface area contributed by atoms with Crippen molar-refractivity contribution in [3.63, 3.8) is 0 Å². The quantitative estimate of drug-likeness (QED) is 0.462. The number of nitrogens with one attached hydrogen (secondary N) is 1. The van der Waals surface area contributed by atoms with E-state index in [4.69, 9.17) is 5.73 Å². The van der Waals surface area contributed by atoms with E-state index in [0.29, 0.717) is 17.8 Å². The largest absolute Gasteiger partial charge is 0.397 e. The highest BCUT2D eigenvalue weighted by atomic mass is 79.9. The van der Waals surface area contributed by atoms with Gasteiger partial charge in [-0.05, 0) is 46.6 Å². The number of aromatic nitrogens is 1. The Hall–Kier alpha value is -1.53. The lowest BCUT2D eigenvalue weighted by Gasteiger charge is -2.07. The van der Waals surface area contributed by atoms with Crippen LogP contribution in [0.4, 0.5) is 11.4 Å². The summed E-state index contributed by atoms with van der Waals surface area (Å²) in [6.07, 6.45) is 3.01. The number of halogens is 1. The van der Waals surface area contributed by atoms with E-state index in [1.807, 2.05) is 24.3 Å². The van der Waals surface area contributed by atoms with Crippen LogP contribution in [-0.4, -0.2) is 16.6 Å². The van der Waals surface area contributed by atoms with Gasteiger partial charge < -0.3 is 11.1 Å². The summed E-state index contributed by atoms with van der Waals surface area (Å²) in [5.74, 6) is 0.821. The summed E-state index contributed by atoms with van der Waals surface area (Å²) in [4.78, 5) is 16.1. The first-order valence-electron chi connectivity index (χ1n) is 6.54. The number of nitrogen functional groups attached to an aromatic ring is 1. The van der Waals surface area contributed by atoms with Gasteiger partial charge in [-0.25, -0.2) is 4.98 Å². The van der Waals surface area contributed by atoms with Crippen LogP contribution < -0.4 is 11.1 Å². The van der Waals surface area contributed by atoms with E-state index >= 15 is 0 Å². The third-order valence-corrected chi connectivity index (χ3v) is 4.74. The van der Waals surface area contributed by atoms with Crippen molar-refractivity contribution in [1.29, 1.82) is 0 Å². The summed E-state index contributed by atoms with van der Waals surface area (Å²) in [5.41, 5.74) is 7.03. The molecule has 4 nitrogen and oxygen atoms in total. The summed E-state index contributed by atoms with van der Waals surface area (Å²) in [6.45, 7) is 0. The van der Waals surface area contributed by atoms with Crippen LogP contribution in [-0.2, 0) is 4.79 Å². The van der Waals surface area contributed by atoms with Crippen molar-refractivity contribution in [2.45, 2.75) is 17.9 Å². The third kappa shape index (κ3) is 5.06. The maximum absolute atomic E-state index is 11.8. The Balaban J connectivity index is 1.73. The average Bonchev–Trinajstić information content (AvgIpc) is 2.48. The highest BCUT2D eigenvalue weighted by molar-refractivity contribution is 9.10. The summed E-state index contributed by atoms with van der Waals surface area (Å²) in [5, 5.41) is 3.77. The predicted molar refractivity (Wildman–Crippen MR) is 91.4 cm³/mol. The molecule has 0 bridgehead atoms. The van der Waals surface area contributed by atoms with Crippen molar-refractivity contribution in [3.05, 3.63) is 47.1 Å². The lowest BCUT2D eigenvalue weighted by molar-refractivity contribution is -0.116. The standard InChI is InChI=1S/C15H16BrN3OS/c16-11-5-3-9-18-15(11)21-10-4-8-14(20)19-13-7-2-1-6-12(13)17/h1-3,5-7,9H,4,8,10,17H2,(H,19,20). The van der Waals surface area contributed by atoms with Gasteiger partial charge in [-0.3, -0.25) is 4.79 Å². The maximum Gasteiger partial charge on any atom is 0.224 e. The van der Waals surface area contributed by atoms with Gasteiger partial charge in [0.1, 0.15) is 5.03 Å². The molecule has 0 unspecified atom stereocenters. The van der Waals surface area contributed by atoms with Crippen LogP contribution in [0.3, 0.4) is 0 Å². The number of carbonyl (C=O) groups is 1. The molecule has 0 saturated carbocycles. The van der Waals surface area contributed by atoms with E-state index in [-0.39, 0.29) is 5.91 Å². The number of carbonyl (C=O) groups excluding carboxylic acids is 1. The summed E-state index contributed by atoms with van der Waals surface area (Å²) >= 11 is 5.09. The molecule has 0 fully saturated rings. The molecule has 0 spiro atoms. The Bertz CT molecular complexity index is 621. The average molecular weight is 366 g/mol. The molecule has 1 heterocycles. The molecular formula is C15H16BrN3OS. The van der Waals surface area contributed by atoms with Gasteiger partial charge in [0.15, 0.2) is 0 Å². The molecule has 0 aliphatic rings. The fourth-order valence-electron chi connectivity index (χ4n) is 1.70. The minimum absolute atomic E-state index is 0.0198. The molecule has 110 valence electrons. The van der Waals surface area contributed by atoms with Gasteiger partial charge in [-0.2, -0.15) is 0 Å². The Morgan fingerprint density at radius 3 is 2.86 bits per heavy atom. The van der Waals surface area contributed by atoms with E-state index < -0.39 is 0 Å². The van der Waals surface area contributed by atoms with Crippen molar-refractivity contribution in [1.82, 2.24) is 4.98 Å². The second kappa shape index (κ2) is 8.05. The Morgan fingerprint density at radius 1 is 1.29 bits per heavy atom. The molecule has 0 aliphatic carbocycles. The molecule has 6 heteroatoms. The number of thioether (sulfide) groups is 1. The predicted octanol–water partition coefficient (Wildman–Crippen LogP) is 3.94. The minimum atomic E-state index is -0.0198. The number of hydrogen-bond donors (Lipinski definition) is 2. The third-order valence-electron chi connectivity index (χ3n) is 2.75. The first kappa shape index (κ1) is 15.9. The Kier molecular flexibility index (Phi) is 6.07. The normalized spacial score (nSPS) is 10.3. The summed E-state index contributed by atoms with van der Waals surface area (Å²) in [7, 11) is 0. The second-order valence-electron chi connectivity index (χ2n) is 4.38. The van der Waals surface area contributed by atoms with Crippen molar-refractivity contribution >= 4 is 45.0 Å². The highest BCUT2D eigenvalue weighted by Gasteiger charge is 2.06. The van der Waals surface area contributed by atoms with Gasteiger partial charge in [0.05, 0.1) is 11.4 Å². The lowest BCUT2D eigenvalue weighted by Crippen LogP contribution is -2.12. The van der Waals surface area contributed by atoms with Crippen LogP contribution >= 0.6 is 27.7 Å². The first-order valence-corrected chi connectivity index (χ1v) is 8.32. The van der Waals surface area contributed by atoms with E-state index in [9.17, 15) is 4.79 Å². The molecule has 0 aliphatic heterocycles. The molecule has 1 amide bonds. The molecule has 0 atom stereocenters. The Morgan fingerprint density at radius 2 is 2.10 bits per heavy atom.